The zero-order valence-corrected chi connectivity index (χ0v) is 19.9. The molecule has 1 heterocycles. The normalized spacial score (nSPS) is 18.4. The molecule has 3 aliphatic rings. The molecule has 37 heavy (non-hydrogen) atoms. The van der Waals surface area contributed by atoms with Gasteiger partial charge in [-0.3, -0.25) is 4.79 Å². The maximum atomic E-state index is 13.6. The van der Waals surface area contributed by atoms with Crippen LogP contribution in [0.3, 0.4) is 0 Å². The van der Waals surface area contributed by atoms with Gasteiger partial charge in [-0.2, -0.15) is 13.2 Å². The Morgan fingerprint density at radius 2 is 1.65 bits per heavy atom. The van der Waals surface area contributed by atoms with Gasteiger partial charge in [-0.25, -0.2) is 4.79 Å². The van der Waals surface area contributed by atoms with Gasteiger partial charge in [0.2, 0.25) is 0 Å². The summed E-state index contributed by atoms with van der Waals surface area (Å²) in [5.74, 6) is -1.24. The molecule has 0 unspecified atom stereocenters. The van der Waals surface area contributed by atoms with E-state index >= 15 is 0 Å². The first-order valence-electron chi connectivity index (χ1n) is 12.3. The van der Waals surface area contributed by atoms with E-state index in [1.807, 2.05) is 17.0 Å². The number of carboxylic acids is 1. The van der Waals surface area contributed by atoms with Crippen molar-refractivity contribution in [3.8, 4) is 0 Å². The highest BCUT2D eigenvalue weighted by Gasteiger charge is 2.53. The van der Waals surface area contributed by atoms with Gasteiger partial charge >= 0.3 is 12.1 Å². The number of aromatic carboxylic acids is 1. The molecule has 2 N–H and O–H groups in total. The monoisotopic (exact) mass is 506 g/mol. The van der Waals surface area contributed by atoms with E-state index in [2.05, 4.69) is 5.32 Å². The summed E-state index contributed by atoms with van der Waals surface area (Å²) < 4.78 is 39.9. The van der Waals surface area contributed by atoms with Crippen molar-refractivity contribution in [3.63, 3.8) is 0 Å². The van der Waals surface area contributed by atoms with Crippen molar-refractivity contribution in [2.75, 3.05) is 11.4 Å². The van der Waals surface area contributed by atoms with Gasteiger partial charge in [0, 0.05) is 18.5 Å². The van der Waals surface area contributed by atoms with E-state index < -0.39 is 23.2 Å². The lowest BCUT2D eigenvalue weighted by molar-refractivity contribution is -0.137. The Balaban J connectivity index is 1.30. The highest BCUT2D eigenvalue weighted by Crippen LogP contribution is 2.57. The van der Waals surface area contributed by atoms with Crippen molar-refractivity contribution in [3.05, 3.63) is 100 Å². The molecule has 5 nitrogen and oxygen atoms in total. The number of hydrogen-bond donors (Lipinski definition) is 2. The zero-order valence-electron chi connectivity index (χ0n) is 19.9. The first-order chi connectivity index (χ1) is 17.6. The highest BCUT2D eigenvalue weighted by molar-refractivity contribution is 6.02. The third-order valence-corrected chi connectivity index (χ3v) is 7.93. The number of halogens is 3. The van der Waals surface area contributed by atoms with E-state index in [1.54, 1.807) is 24.3 Å². The van der Waals surface area contributed by atoms with Gasteiger partial charge in [-0.05, 0) is 72.7 Å². The Kier molecular flexibility index (Phi) is 5.16. The van der Waals surface area contributed by atoms with Crippen LogP contribution < -0.4 is 10.2 Å². The molecule has 2 saturated carbocycles. The number of nitrogens with zero attached hydrogens (tertiary/aromatic N) is 1. The van der Waals surface area contributed by atoms with E-state index in [0.717, 1.165) is 48.6 Å². The molecule has 0 radical (unpaired) electrons. The minimum Gasteiger partial charge on any atom is -0.478 e. The number of carbonyl (C=O) groups is 2. The third kappa shape index (κ3) is 4.14. The van der Waals surface area contributed by atoms with E-state index in [9.17, 15) is 27.9 Å². The van der Waals surface area contributed by atoms with E-state index in [-0.39, 0.29) is 23.4 Å². The van der Waals surface area contributed by atoms with Crippen LogP contribution in [0.4, 0.5) is 18.9 Å². The molecule has 0 saturated heterocycles. The number of carboxylic acid groups (broad SMARTS) is 1. The number of fused-ring (bicyclic) bond motifs is 2. The van der Waals surface area contributed by atoms with Crippen molar-refractivity contribution in [2.45, 2.75) is 49.4 Å². The van der Waals surface area contributed by atoms with Crippen LogP contribution in [-0.2, 0) is 23.7 Å². The predicted octanol–water partition coefficient (Wildman–Crippen LogP) is 5.87. The number of anilines is 1. The molecular weight excluding hydrogens is 481 g/mol. The van der Waals surface area contributed by atoms with Crippen LogP contribution in [0.2, 0.25) is 0 Å². The molecule has 0 aromatic heterocycles. The minimum absolute atomic E-state index is 0.0445. The molecule has 2 aliphatic carbocycles. The summed E-state index contributed by atoms with van der Waals surface area (Å²) in [4.78, 5) is 26.9. The molecule has 190 valence electrons. The average molecular weight is 507 g/mol. The van der Waals surface area contributed by atoms with Gasteiger partial charge < -0.3 is 15.3 Å². The van der Waals surface area contributed by atoms with Crippen molar-refractivity contribution in [1.82, 2.24) is 5.32 Å². The number of rotatable bonds is 6. The molecular formula is C29H25F3N2O3. The fraction of sp³-hybridized carbons (Fsp3) is 0.310. The van der Waals surface area contributed by atoms with Crippen molar-refractivity contribution < 1.29 is 27.9 Å². The van der Waals surface area contributed by atoms with Gasteiger partial charge in [-0.15, -0.1) is 0 Å². The molecule has 1 spiro atoms. The van der Waals surface area contributed by atoms with Gasteiger partial charge in [-0.1, -0.05) is 36.4 Å². The maximum absolute atomic E-state index is 13.6. The van der Waals surface area contributed by atoms with Crippen LogP contribution >= 0.6 is 0 Å². The van der Waals surface area contributed by atoms with Crippen LogP contribution in [-0.4, -0.2) is 23.5 Å². The molecule has 3 aromatic rings. The Morgan fingerprint density at radius 3 is 2.27 bits per heavy atom. The Hall–Kier alpha value is -3.81. The topological polar surface area (TPSA) is 69.6 Å². The summed E-state index contributed by atoms with van der Waals surface area (Å²) in [5, 5.41) is 12.4. The average Bonchev–Trinajstić information content (AvgIpc) is 3.79. The number of carbonyl (C=O) groups excluding carboxylic acids is 1. The second kappa shape index (κ2) is 8.10. The summed E-state index contributed by atoms with van der Waals surface area (Å²) >= 11 is 0. The highest BCUT2D eigenvalue weighted by atomic mass is 19.4. The molecule has 2 fully saturated rings. The van der Waals surface area contributed by atoms with Crippen LogP contribution in [0.1, 0.15) is 68.7 Å². The van der Waals surface area contributed by atoms with E-state index in [1.165, 1.54) is 24.3 Å². The van der Waals surface area contributed by atoms with Crippen LogP contribution in [0.15, 0.2) is 66.7 Å². The second-order valence-corrected chi connectivity index (χ2v) is 10.5. The molecule has 1 aliphatic heterocycles. The number of hydrogen-bond acceptors (Lipinski definition) is 3. The molecule has 3 aromatic carbocycles. The number of alkyl halides is 3. The van der Waals surface area contributed by atoms with Crippen molar-refractivity contribution >= 4 is 17.6 Å². The largest absolute Gasteiger partial charge is 0.478 e. The summed E-state index contributed by atoms with van der Waals surface area (Å²) in [6.45, 7) is 0.954. The summed E-state index contributed by atoms with van der Waals surface area (Å²) in [7, 11) is 0. The third-order valence-electron chi connectivity index (χ3n) is 7.93. The SMILES string of the molecule is O=C(O)c1ccc(C2(NC(=O)c3cccc4c3N(Cc3cccc(C(F)(F)F)c3)CC43CC3)CC2)cc1. The quantitative estimate of drug-likeness (QED) is 0.439. The van der Waals surface area contributed by atoms with E-state index in [0.29, 0.717) is 17.7 Å². The number of amides is 1. The number of nitrogens with one attached hydrogen (secondary N) is 1. The minimum atomic E-state index is -4.41. The molecule has 6 rings (SSSR count). The number of benzene rings is 3. The molecule has 8 heteroatoms. The van der Waals surface area contributed by atoms with Gasteiger partial charge in [0.25, 0.3) is 5.91 Å². The Labute approximate surface area is 211 Å². The summed E-state index contributed by atoms with van der Waals surface area (Å²) in [6, 6.07) is 17.6. The molecule has 1 amide bonds. The van der Waals surface area contributed by atoms with Crippen LogP contribution in [0.5, 0.6) is 0 Å². The lowest BCUT2D eigenvalue weighted by atomic mass is 9.96. The molecule has 0 bridgehead atoms. The smallest absolute Gasteiger partial charge is 0.416 e. The lowest BCUT2D eigenvalue weighted by Gasteiger charge is -2.24. The lowest BCUT2D eigenvalue weighted by Crippen LogP contribution is -2.36. The van der Waals surface area contributed by atoms with E-state index in [4.69, 9.17) is 0 Å². The van der Waals surface area contributed by atoms with Crippen LogP contribution in [0.25, 0.3) is 0 Å². The second-order valence-electron chi connectivity index (χ2n) is 10.5. The van der Waals surface area contributed by atoms with Crippen LogP contribution in [0, 0.1) is 0 Å². The maximum Gasteiger partial charge on any atom is 0.416 e. The fourth-order valence-corrected chi connectivity index (χ4v) is 5.63. The summed E-state index contributed by atoms with van der Waals surface area (Å²) in [5.41, 5.74) is 2.73. The summed E-state index contributed by atoms with van der Waals surface area (Å²) in [6.07, 6.45) is -0.937. The molecule has 0 atom stereocenters. The predicted molar refractivity (Wildman–Crippen MR) is 132 cm³/mol. The van der Waals surface area contributed by atoms with Crippen molar-refractivity contribution in [1.29, 1.82) is 0 Å². The first-order valence-corrected chi connectivity index (χ1v) is 12.3. The van der Waals surface area contributed by atoms with Gasteiger partial charge in [0.15, 0.2) is 0 Å². The standard InChI is InChI=1S/C29H25F3N2O3/c30-29(31,32)21-4-1-3-18(15-21)16-34-17-27(11-12-27)23-6-2-5-22(24(23)34)25(35)33-28(13-14-28)20-9-7-19(8-10-20)26(36)37/h1-10,15H,11-14,16-17H2,(H,33,35)(H,36,37). The Morgan fingerprint density at radius 1 is 0.946 bits per heavy atom. The van der Waals surface area contributed by atoms with Crippen molar-refractivity contribution in [2.24, 2.45) is 0 Å². The fourth-order valence-electron chi connectivity index (χ4n) is 5.63. The first kappa shape index (κ1) is 23.6. The Bertz CT molecular complexity index is 1410. The zero-order chi connectivity index (χ0) is 26.0. The van der Waals surface area contributed by atoms with Gasteiger partial charge in [0.05, 0.1) is 27.9 Å². The number of para-hydroxylation sites is 1. The van der Waals surface area contributed by atoms with Gasteiger partial charge in [0.1, 0.15) is 0 Å².